The van der Waals surface area contributed by atoms with E-state index in [0.717, 1.165) is 59.4 Å². The molecule has 6 heteroatoms. The third-order valence-corrected chi connectivity index (χ3v) is 5.39. The lowest BCUT2D eigenvalue weighted by atomic mass is 10.1. The first-order valence-electron chi connectivity index (χ1n) is 9.40. The molecule has 4 rings (SSSR count). The number of anilines is 1. The molecule has 0 unspecified atom stereocenters. The number of rotatable bonds is 5. The van der Waals surface area contributed by atoms with Gasteiger partial charge in [-0.3, -0.25) is 4.79 Å². The molecule has 28 heavy (non-hydrogen) atoms. The Morgan fingerprint density at radius 3 is 2.61 bits per heavy atom. The number of pyridine rings is 1. The lowest BCUT2D eigenvalue weighted by Crippen LogP contribution is -2.27. The Hall–Kier alpha value is -2.79. The summed E-state index contributed by atoms with van der Waals surface area (Å²) < 4.78 is 5.23. The zero-order chi connectivity index (χ0) is 19.5. The van der Waals surface area contributed by atoms with E-state index in [0.29, 0.717) is 11.7 Å². The van der Waals surface area contributed by atoms with Crippen LogP contribution in [0.25, 0.3) is 10.9 Å². The number of amides is 1. The summed E-state index contributed by atoms with van der Waals surface area (Å²) in [5.41, 5.74) is 3.38. The van der Waals surface area contributed by atoms with Gasteiger partial charge in [-0.1, -0.05) is 11.6 Å². The van der Waals surface area contributed by atoms with E-state index in [-0.39, 0.29) is 5.91 Å². The number of aromatic nitrogens is 1. The molecule has 0 radical (unpaired) electrons. The van der Waals surface area contributed by atoms with Crippen LogP contribution < -0.4 is 10.1 Å². The lowest BCUT2D eigenvalue weighted by Gasteiger charge is -2.15. The minimum atomic E-state index is 0.112. The van der Waals surface area contributed by atoms with E-state index in [1.165, 1.54) is 0 Å². The fourth-order valence-corrected chi connectivity index (χ4v) is 3.66. The predicted octanol–water partition coefficient (Wildman–Crippen LogP) is 4.74. The highest BCUT2D eigenvalue weighted by Crippen LogP contribution is 2.25. The largest absolute Gasteiger partial charge is 0.497 e. The molecule has 0 atom stereocenters. The summed E-state index contributed by atoms with van der Waals surface area (Å²) >= 11 is 6.36. The van der Waals surface area contributed by atoms with E-state index in [9.17, 15) is 4.79 Å². The Bertz CT molecular complexity index is 999. The summed E-state index contributed by atoms with van der Waals surface area (Å²) in [5.74, 6) is 0.867. The van der Waals surface area contributed by atoms with Gasteiger partial charge in [0.1, 0.15) is 10.9 Å². The fraction of sp³-hybridized carbons (Fsp3) is 0.273. The van der Waals surface area contributed by atoms with Crippen molar-refractivity contribution in [3.8, 4) is 5.75 Å². The number of nitrogens with zero attached hydrogens (tertiary/aromatic N) is 2. The van der Waals surface area contributed by atoms with E-state index >= 15 is 0 Å². The molecule has 1 saturated heterocycles. The van der Waals surface area contributed by atoms with Gasteiger partial charge < -0.3 is 15.0 Å². The van der Waals surface area contributed by atoms with Crippen molar-refractivity contribution in [2.75, 3.05) is 25.5 Å². The van der Waals surface area contributed by atoms with E-state index in [4.69, 9.17) is 16.3 Å². The molecule has 2 aromatic carbocycles. The Kier molecular flexibility index (Phi) is 5.35. The third kappa shape index (κ3) is 3.90. The SMILES string of the molecule is COc1ccc2cc(CNc3ccc(C(=O)N4CCCC4)cc3)c(Cl)nc2c1. The molecule has 3 aromatic rings. The van der Waals surface area contributed by atoms with Gasteiger partial charge in [-0.15, -0.1) is 0 Å². The van der Waals surface area contributed by atoms with Gasteiger partial charge in [-0.25, -0.2) is 4.98 Å². The Morgan fingerprint density at radius 1 is 1.14 bits per heavy atom. The number of ether oxygens (including phenoxy) is 1. The Morgan fingerprint density at radius 2 is 1.89 bits per heavy atom. The zero-order valence-corrected chi connectivity index (χ0v) is 16.5. The number of fused-ring (bicyclic) bond motifs is 1. The van der Waals surface area contributed by atoms with Crippen LogP contribution in [0.15, 0.2) is 48.5 Å². The molecule has 1 fully saturated rings. The summed E-state index contributed by atoms with van der Waals surface area (Å²) in [6, 6.07) is 15.4. The molecule has 1 aliphatic rings. The summed E-state index contributed by atoms with van der Waals surface area (Å²) in [5, 5.41) is 4.83. The minimum absolute atomic E-state index is 0.112. The van der Waals surface area contributed by atoms with Crippen LogP contribution in [0.4, 0.5) is 5.69 Å². The normalized spacial score (nSPS) is 13.7. The van der Waals surface area contributed by atoms with Gasteiger partial charge in [0.2, 0.25) is 0 Å². The van der Waals surface area contributed by atoms with Crippen molar-refractivity contribution in [2.45, 2.75) is 19.4 Å². The molecule has 1 aliphatic heterocycles. The quantitative estimate of drug-likeness (QED) is 0.633. The molecular weight excluding hydrogens is 374 g/mol. The first kappa shape index (κ1) is 18.6. The molecular formula is C22H22ClN3O2. The maximum absolute atomic E-state index is 12.4. The number of halogens is 1. The van der Waals surface area contributed by atoms with Crippen LogP contribution in [0.1, 0.15) is 28.8 Å². The van der Waals surface area contributed by atoms with Gasteiger partial charge in [-0.05, 0) is 55.3 Å². The Labute approximate surface area is 169 Å². The topological polar surface area (TPSA) is 54.5 Å². The van der Waals surface area contributed by atoms with Crippen LogP contribution in [0.3, 0.4) is 0 Å². The van der Waals surface area contributed by atoms with Gasteiger partial charge in [-0.2, -0.15) is 0 Å². The van der Waals surface area contributed by atoms with Crippen LogP contribution in [-0.2, 0) is 6.54 Å². The van der Waals surface area contributed by atoms with Crippen molar-refractivity contribution in [3.63, 3.8) is 0 Å². The first-order chi connectivity index (χ1) is 13.6. The molecule has 5 nitrogen and oxygen atoms in total. The van der Waals surface area contributed by atoms with E-state index < -0.39 is 0 Å². The minimum Gasteiger partial charge on any atom is -0.497 e. The van der Waals surface area contributed by atoms with Crippen molar-refractivity contribution < 1.29 is 9.53 Å². The fourth-order valence-electron chi connectivity index (χ4n) is 3.45. The molecule has 0 aliphatic carbocycles. The second-order valence-corrected chi connectivity index (χ2v) is 7.29. The zero-order valence-electron chi connectivity index (χ0n) is 15.7. The highest BCUT2D eigenvalue weighted by atomic mass is 35.5. The summed E-state index contributed by atoms with van der Waals surface area (Å²) in [6.07, 6.45) is 2.19. The third-order valence-electron chi connectivity index (χ3n) is 5.06. The number of carbonyl (C=O) groups excluding carboxylic acids is 1. The van der Waals surface area contributed by atoms with E-state index in [1.54, 1.807) is 7.11 Å². The number of nitrogens with one attached hydrogen (secondary N) is 1. The second-order valence-electron chi connectivity index (χ2n) is 6.93. The van der Waals surface area contributed by atoms with Gasteiger partial charge in [0.25, 0.3) is 5.91 Å². The van der Waals surface area contributed by atoms with Gasteiger partial charge in [0, 0.05) is 47.9 Å². The standard InChI is InChI=1S/C22H22ClN3O2/c1-28-19-9-6-16-12-17(21(23)25-20(16)13-19)14-24-18-7-4-15(5-8-18)22(27)26-10-2-3-11-26/h4-9,12-13,24H,2-3,10-11,14H2,1H3. The number of benzene rings is 2. The van der Waals surface area contributed by atoms with Crippen LogP contribution in [0, 0.1) is 0 Å². The van der Waals surface area contributed by atoms with E-state index in [2.05, 4.69) is 10.3 Å². The molecule has 2 heterocycles. The molecule has 1 amide bonds. The number of likely N-dealkylation sites (tertiary alicyclic amines) is 1. The predicted molar refractivity (Wildman–Crippen MR) is 112 cm³/mol. The van der Waals surface area contributed by atoms with Crippen LogP contribution in [0.2, 0.25) is 5.15 Å². The second kappa shape index (κ2) is 8.07. The van der Waals surface area contributed by atoms with Crippen LogP contribution in [-0.4, -0.2) is 36.0 Å². The molecule has 1 aromatic heterocycles. The molecule has 0 spiro atoms. The van der Waals surface area contributed by atoms with E-state index in [1.807, 2.05) is 53.4 Å². The first-order valence-corrected chi connectivity index (χ1v) is 9.78. The highest BCUT2D eigenvalue weighted by Gasteiger charge is 2.19. The van der Waals surface area contributed by atoms with Crippen molar-refractivity contribution in [1.82, 2.24) is 9.88 Å². The summed E-state index contributed by atoms with van der Waals surface area (Å²) in [4.78, 5) is 18.8. The number of carbonyl (C=O) groups is 1. The maximum atomic E-state index is 12.4. The number of hydrogen-bond donors (Lipinski definition) is 1. The number of methoxy groups -OCH3 is 1. The van der Waals surface area contributed by atoms with Crippen molar-refractivity contribution in [2.24, 2.45) is 0 Å². The molecule has 144 valence electrons. The highest BCUT2D eigenvalue weighted by molar-refractivity contribution is 6.30. The van der Waals surface area contributed by atoms with Gasteiger partial charge in [0.15, 0.2) is 0 Å². The average molecular weight is 396 g/mol. The van der Waals surface area contributed by atoms with Crippen molar-refractivity contribution in [3.05, 3.63) is 64.8 Å². The van der Waals surface area contributed by atoms with Crippen molar-refractivity contribution >= 4 is 34.1 Å². The maximum Gasteiger partial charge on any atom is 0.253 e. The van der Waals surface area contributed by atoms with Crippen molar-refractivity contribution in [1.29, 1.82) is 0 Å². The molecule has 1 N–H and O–H groups in total. The lowest BCUT2D eigenvalue weighted by molar-refractivity contribution is 0.0793. The molecule has 0 bridgehead atoms. The van der Waals surface area contributed by atoms with Gasteiger partial charge >= 0.3 is 0 Å². The number of hydrogen-bond acceptors (Lipinski definition) is 4. The molecule has 0 saturated carbocycles. The smallest absolute Gasteiger partial charge is 0.253 e. The summed E-state index contributed by atoms with van der Waals surface area (Å²) in [7, 11) is 1.63. The average Bonchev–Trinajstić information content (AvgIpc) is 3.26. The van der Waals surface area contributed by atoms with Crippen LogP contribution in [0.5, 0.6) is 5.75 Å². The summed E-state index contributed by atoms with van der Waals surface area (Å²) in [6.45, 7) is 2.27. The monoisotopic (exact) mass is 395 g/mol. The Balaban J connectivity index is 1.45. The van der Waals surface area contributed by atoms with Crippen LogP contribution >= 0.6 is 11.6 Å². The van der Waals surface area contributed by atoms with Gasteiger partial charge in [0.05, 0.1) is 12.6 Å².